The van der Waals surface area contributed by atoms with E-state index in [9.17, 15) is 0 Å². The SMILES string of the molecule is c1ccc(-c2cccc(N(c3ccccc3)c3ccc(-c4ccccc4-n4c5ccccc5c5ccccc54)c4oc5ccccc5c34)c2)cc1. The van der Waals surface area contributed by atoms with Gasteiger partial charge in [0.15, 0.2) is 0 Å². The van der Waals surface area contributed by atoms with Gasteiger partial charge >= 0.3 is 0 Å². The number of benzene rings is 8. The van der Waals surface area contributed by atoms with Crippen molar-refractivity contribution in [1.29, 1.82) is 0 Å². The molecule has 3 heteroatoms. The Balaban J connectivity index is 1.25. The highest BCUT2D eigenvalue weighted by molar-refractivity contribution is 6.18. The molecular weight excluding hydrogens is 621 g/mol. The quantitative estimate of drug-likeness (QED) is 0.178. The lowest BCUT2D eigenvalue weighted by Crippen LogP contribution is -2.10. The molecule has 0 bridgehead atoms. The third-order valence-corrected chi connectivity index (χ3v) is 9.99. The summed E-state index contributed by atoms with van der Waals surface area (Å²) in [5, 5.41) is 4.64. The minimum absolute atomic E-state index is 0.863. The molecule has 0 radical (unpaired) electrons. The van der Waals surface area contributed by atoms with E-state index in [1.54, 1.807) is 0 Å². The maximum atomic E-state index is 6.91. The van der Waals surface area contributed by atoms with Crippen molar-refractivity contribution in [3.8, 4) is 27.9 Å². The van der Waals surface area contributed by atoms with Crippen molar-refractivity contribution in [3.05, 3.63) is 194 Å². The number of para-hydroxylation sites is 5. The zero-order valence-electron chi connectivity index (χ0n) is 27.8. The number of fused-ring (bicyclic) bond motifs is 6. The van der Waals surface area contributed by atoms with E-state index in [0.717, 1.165) is 55.8 Å². The van der Waals surface area contributed by atoms with Crippen LogP contribution in [0.25, 0.3) is 71.7 Å². The number of hydrogen-bond donors (Lipinski definition) is 0. The molecule has 0 aliphatic carbocycles. The molecule has 51 heavy (non-hydrogen) atoms. The fourth-order valence-corrected chi connectivity index (χ4v) is 7.75. The normalized spacial score (nSPS) is 11.5. The summed E-state index contributed by atoms with van der Waals surface area (Å²) in [6.45, 7) is 0. The van der Waals surface area contributed by atoms with Crippen LogP contribution in [0.2, 0.25) is 0 Å². The van der Waals surface area contributed by atoms with Gasteiger partial charge in [-0.3, -0.25) is 0 Å². The van der Waals surface area contributed by atoms with E-state index in [4.69, 9.17) is 4.42 Å². The summed E-state index contributed by atoms with van der Waals surface area (Å²) in [5.41, 5.74) is 12.9. The minimum Gasteiger partial charge on any atom is -0.455 e. The Bertz CT molecular complexity index is 2810. The molecule has 0 aliphatic heterocycles. The molecule has 0 saturated carbocycles. The van der Waals surface area contributed by atoms with Gasteiger partial charge in [-0.25, -0.2) is 0 Å². The average Bonchev–Trinajstić information content (AvgIpc) is 3.76. The van der Waals surface area contributed by atoms with Gasteiger partial charge in [-0.05, 0) is 71.8 Å². The number of aromatic nitrogens is 1. The lowest BCUT2D eigenvalue weighted by Gasteiger charge is -2.27. The van der Waals surface area contributed by atoms with Gasteiger partial charge in [0.05, 0.1) is 27.8 Å². The highest BCUT2D eigenvalue weighted by Gasteiger charge is 2.24. The Labute approximate surface area is 295 Å². The van der Waals surface area contributed by atoms with E-state index in [-0.39, 0.29) is 0 Å². The van der Waals surface area contributed by atoms with E-state index in [0.29, 0.717) is 0 Å². The van der Waals surface area contributed by atoms with Crippen molar-refractivity contribution < 1.29 is 4.42 Å². The summed E-state index contributed by atoms with van der Waals surface area (Å²) in [6.07, 6.45) is 0. The van der Waals surface area contributed by atoms with Crippen LogP contribution < -0.4 is 4.90 Å². The van der Waals surface area contributed by atoms with Gasteiger partial charge in [0.1, 0.15) is 11.2 Å². The van der Waals surface area contributed by atoms with Gasteiger partial charge in [-0.15, -0.1) is 0 Å². The molecule has 0 unspecified atom stereocenters. The highest BCUT2D eigenvalue weighted by Crippen LogP contribution is 2.47. The van der Waals surface area contributed by atoms with Crippen LogP contribution in [0, 0.1) is 0 Å². The molecule has 0 aliphatic rings. The smallest absolute Gasteiger partial charge is 0.145 e. The topological polar surface area (TPSA) is 21.3 Å². The van der Waals surface area contributed by atoms with E-state index in [2.05, 4.69) is 198 Å². The van der Waals surface area contributed by atoms with Crippen LogP contribution in [0.5, 0.6) is 0 Å². The van der Waals surface area contributed by atoms with Gasteiger partial charge in [0, 0.05) is 38.7 Å². The summed E-state index contributed by atoms with van der Waals surface area (Å²) in [6, 6.07) is 69.0. The lowest BCUT2D eigenvalue weighted by molar-refractivity contribution is 0.670. The molecule has 0 N–H and O–H groups in total. The lowest BCUT2D eigenvalue weighted by atomic mass is 9.98. The Morgan fingerprint density at radius 2 is 1.00 bits per heavy atom. The predicted molar refractivity (Wildman–Crippen MR) is 214 cm³/mol. The van der Waals surface area contributed by atoms with Crippen molar-refractivity contribution in [3.63, 3.8) is 0 Å². The number of anilines is 3. The molecule has 8 aromatic carbocycles. The number of hydrogen-bond acceptors (Lipinski definition) is 2. The first-order valence-electron chi connectivity index (χ1n) is 17.4. The van der Waals surface area contributed by atoms with E-state index >= 15 is 0 Å². The molecule has 10 aromatic rings. The summed E-state index contributed by atoms with van der Waals surface area (Å²) in [5.74, 6) is 0. The second-order valence-corrected chi connectivity index (χ2v) is 12.9. The average molecular weight is 653 g/mol. The molecule has 0 amide bonds. The summed E-state index contributed by atoms with van der Waals surface area (Å²) in [7, 11) is 0. The second kappa shape index (κ2) is 11.9. The van der Waals surface area contributed by atoms with E-state index < -0.39 is 0 Å². The Hall–Kier alpha value is -6.84. The molecule has 3 nitrogen and oxygen atoms in total. The first-order valence-corrected chi connectivity index (χ1v) is 17.4. The number of furan rings is 1. The Morgan fingerprint density at radius 3 is 1.76 bits per heavy atom. The maximum Gasteiger partial charge on any atom is 0.145 e. The fraction of sp³-hybridized carbons (Fsp3) is 0. The third kappa shape index (κ3) is 4.74. The van der Waals surface area contributed by atoms with Gasteiger partial charge in [0.25, 0.3) is 0 Å². The summed E-state index contributed by atoms with van der Waals surface area (Å²) in [4.78, 5) is 2.36. The van der Waals surface area contributed by atoms with Crippen LogP contribution in [-0.2, 0) is 0 Å². The maximum absolute atomic E-state index is 6.91. The minimum atomic E-state index is 0.863. The standard InChI is InChI=1S/C48H32N2O/c1-3-16-33(17-4-1)34-18-15-21-36(32-34)49(35-19-5-2-6-20-35)45-31-30-40(48-47(45)41-25-10-14-29-46(41)51-48)39-24-9-13-28-44(39)50-42-26-11-7-22-37(42)38-23-8-12-27-43(38)50/h1-32H. The largest absolute Gasteiger partial charge is 0.455 e. The Morgan fingerprint density at radius 1 is 0.412 bits per heavy atom. The molecule has 0 saturated heterocycles. The summed E-state index contributed by atoms with van der Waals surface area (Å²) >= 11 is 0. The molecule has 2 heterocycles. The van der Waals surface area contributed by atoms with Gasteiger partial charge in [-0.2, -0.15) is 0 Å². The van der Waals surface area contributed by atoms with Crippen LogP contribution in [0.4, 0.5) is 17.1 Å². The molecule has 240 valence electrons. The third-order valence-electron chi connectivity index (χ3n) is 9.99. The first-order chi connectivity index (χ1) is 25.3. The van der Waals surface area contributed by atoms with Crippen LogP contribution in [0.15, 0.2) is 199 Å². The van der Waals surface area contributed by atoms with E-state index in [1.165, 1.54) is 32.9 Å². The van der Waals surface area contributed by atoms with Crippen molar-refractivity contribution in [2.45, 2.75) is 0 Å². The molecule has 10 rings (SSSR count). The fourth-order valence-electron chi connectivity index (χ4n) is 7.75. The van der Waals surface area contributed by atoms with E-state index in [1.807, 2.05) is 6.07 Å². The van der Waals surface area contributed by atoms with Crippen LogP contribution in [-0.4, -0.2) is 4.57 Å². The number of nitrogens with zero attached hydrogens (tertiary/aromatic N) is 2. The van der Waals surface area contributed by atoms with Crippen molar-refractivity contribution in [2.24, 2.45) is 0 Å². The summed E-state index contributed by atoms with van der Waals surface area (Å²) < 4.78 is 9.30. The van der Waals surface area contributed by atoms with Crippen LogP contribution >= 0.6 is 0 Å². The zero-order chi connectivity index (χ0) is 33.7. The highest BCUT2D eigenvalue weighted by atomic mass is 16.3. The van der Waals surface area contributed by atoms with Gasteiger partial charge < -0.3 is 13.9 Å². The van der Waals surface area contributed by atoms with Gasteiger partial charge in [0.2, 0.25) is 0 Å². The molecule has 0 spiro atoms. The first kappa shape index (κ1) is 29.1. The van der Waals surface area contributed by atoms with Gasteiger partial charge in [-0.1, -0.05) is 133 Å². The van der Waals surface area contributed by atoms with Crippen LogP contribution in [0.3, 0.4) is 0 Å². The number of rotatable bonds is 6. The van der Waals surface area contributed by atoms with Crippen molar-refractivity contribution >= 4 is 60.8 Å². The van der Waals surface area contributed by atoms with Crippen molar-refractivity contribution in [1.82, 2.24) is 4.57 Å². The molecule has 2 aromatic heterocycles. The zero-order valence-corrected chi connectivity index (χ0v) is 27.8. The molecule has 0 atom stereocenters. The van der Waals surface area contributed by atoms with Crippen LogP contribution in [0.1, 0.15) is 0 Å². The molecule has 0 fully saturated rings. The molecular formula is C48H32N2O. The second-order valence-electron chi connectivity index (χ2n) is 12.9. The monoisotopic (exact) mass is 652 g/mol. The van der Waals surface area contributed by atoms with Crippen molar-refractivity contribution in [2.75, 3.05) is 4.90 Å². The predicted octanol–water partition coefficient (Wildman–Crippen LogP) is 13.5. The Kier molecular flexibility index (Phi) is 6.81.